The molecule has 0 unspecified atom stereocenters. The molecule has 0 aromatic heterocycles. The molecule has 1 aliphatic heterocycles. The molecule has 1 heterocycles. The Morgan fingerprint density at radius 2 is 1.70 bits per heavy atom. The summed E-state index contributed by atoms with van der Waals surface area (Å²) in [6.45, 7) is 0.903. The van der Waals surface area contributed by atoms with Gasteiger partial charge in [0.2, 0.25) is 5.90 Å². The summed E-state index contributed by atoms with van der Waals surface area (Å²) in [7, 11) is 1.64. The van der Waals surface area contributed by atoms with E-state index >= 15 is 0 Å². The molecule has 44 heavy (non-hydrogen) atoms. The van der Waals surface area contributed by atoms with Crippen molar-refractivity contribution in [3.05, 3.63) is 128 Å². The molecule has 228 valence electrons. The normalized spacial score (nSPS) is 17.5. The number of nitrogens with one attached hydrogen (secondary N) is 1. The highest BCUT2D eigenvalue weighted by Crippen LogP contribution is 2.45. The maximum Gasteiger partial charge on any atom is 0.252 e. The third-order valence-corrected chi connectivity index (χ3v) is 8.96. The topological polar surface area (TPSA) is 89.4 Å². The van der Waals surface area contributed by atoms with Crippen LogP contribution in [0.5, 0.6) is 11.5 Å². The standard InChI is InChI=1S/C35H34Br2N2O5/c1-42-28-10-6-8-24(22-28)18-19-38-34(41)35(23-26-9-2-4-12-30(26)36)32(29-11-3-5-13-31(29)37)44-33(39-35)25-14-16-27(17-15-25)43-21-7-20-40/h2-6,8-17,22,32,40H,7,18-21,23H2,1H3,(H,38,41)/t32-,35-/m1/s1. The molecular weight excluding hydrogens is 688 g/mol. The minimum Gasteiger partial charge on any atom is -0.497 e. The Morgan fingerprint density at radius 1 is 0.955 bits per heavy atom. The van der Waals surface area contributed by atoms with Gasteiger partial charge in [0, 0.05) is 46.1 Å². The molecule has 1 aliphatic rings. The Balaban J connectivity index is 1.52. The van der Waals surface area contributed by atoms with Gasteiger partial charge in [0.15, 0.2) is 11.6 Å². The zero-order valence-electron chi connectivity index (χ0n) is 24.3. The van der Waals surface area contributed by atoms with Gasteiger partial charge in [-0.05, 0) is 66.1 Å². The first-order valence-corrected chi connectivity index (χ1v) is 16.0. The van der Waals surface area contributed by atoms with E-state index in [2.05, 4.69) is 37.2 Å². The molecule has 0 saturated heterocycles. The van der Waals surface area contributed by atoms with Crippen molar-refractivity contribution < 1.29 is 24.1 Å². The zero-order chi connectivity index (χ0) is 30.9. The van der Waals surface area contributed by atoms with Gasteiger partial charge in [0.05, 0.1) is 13.7 Å². The van der Waals surface area contributed by atoms with Gasteiger partial charge >= 0.3 is 0 Å². The molecule has 4 aromatic carbocycles. The van der Waals surface area contributed by atoms with Crippen LogP contribution in [-0.4, -0.2) is 49.3 Å². The molecule has 2 N–H and O–H groups in total. The number of carbonyl (C=O) groups excluding carboxylic acids is 1. The summed E-state index contributed by atoms with van der Waals surface area (Å²) in [6, 6.07) is 30.9. The number of halogens is 2. The van der Waals surface area contributed by atoms with Crippen LogP contribution in [0.4, 0.5) is 0 Å². The van der Waals surface area contributed by atoms with Crippen molar-refractivity contribution in [2.75, 3.05) is 26.9 Å². The summed E-state index contributed by atoms with van der Waals surface area (Å²) in [5.41, 5.74) is 2.24. The van der Waals surface area contributed by atoms with E-state index in [1.807, 2.05) is 97.1 Å². The molecule has 1 amide bonds. The molecule has 0 bridgehead atoms. The van der Waals surface area contributed by atoms with Gasteiger partial charge in [-0.15, -0.1) is 0 Å². The van der Waals surface area contributed by atoms with Crippen LogP contribution < -0.4 is 14.8 Å². The second-order valence-electron chi connectivity index (χ2n) is 10.4. The summed E-state index contributed by atoms with van der Waals surface area (Å²) in [6.07, 6.45) is 0.771. The predicted molar refractivity (Wildman–Crippen MR) is 178 cm³/mol. The number of methoxy groups -OCH3 is 1. The maximum absolute atomic E-state index is 14.5. The molecule has 0 aliphatic carbocycles. The predicted octanol–water partition coefficient (Wildman–Crippen LogP) is 6.84. The summed E-state index contributed by atoms with van der Waals surface area (Å²) >= 11 is 7.39. The Kier molecular flexibility index (Phi) is 10.7. The van der Waals surface area contributed by atoms with E-state index in [4.69, 9.17) is 24.3 Å². The van der Waals surface area contributed by atoms with Crippen molar-refractivity contribution >= 4 is 43.7 Å². The number of nitrogens with zero attached hydrogens (tertiary/aromatic N) is 1. The van der Waals surface area contributed by atoms with Crippen molar-refractivity contribution in [1.29, 1.82) is 0 Å². The number of hydrogen-bond acceptors (Lipinski definition) is 6. The molecule has 0 fully saturated rings. The number of aliphatic hydroxyl groups is 1. The summed E-state index contributed by atoms with van der Waals surface area (Å²) in [5.74, 6) is 1.60. The number of rotatable bonds is 13. The second kappa shape index (κ2) is 14.9. The molecule has 7 nitrogen and oxygen atoms in total. The lowest BCUT2D eigenvalue weighted by Crippen LogP contribution is -2.50. The monoisotopic (exact) mass is 720 g/mol. The molecule has 4 aromatic rings. The average molecular weight is 722 g/mol. The molecular formula is C35H34Br2N2O5. The summed E-state index contributed by atoms with van der Waals surface area (Å²) in [5, 5.41) is 12.2. The van der Waals surface area contributed by atoms with E-state index in [1.54, 1.807) is 7.11 Å². The Morgan fingerprint density at radius 3 is 2.43 bits per heavy atom. The van der Waals surface area contributed by atoms with Crippen molar-refractivity contribution in [2.45, 2.75) is 30.9 Å². The van der Waals surface area contributed by atoms with Crippen LogP contribution in [0.1, 0.15) is 34.8 Å². The van der Waals surface area contributed by atoms with Crippen LogP contribution in [0.2, 0.25) is 0 Å². The van der Waals surface area contributed by atoms with Gasteiger partial charge in [-0.3, -0.25) is 4.79 Å². The van der Waals surface area contributed by atoms with Crippen molar-refractivity contribution in [2.24, 2.45) is 4.99 Å². The first-order chi connectivity index (χ1) is 21.4. The van der Waals surface area contributed by atoms with Gasteiger partial charge in [-0.25, -0.2) is 4.99 Å². The SMILES string of the molecule is COc1cccc(CCNC(=O)[C@]2(Cc3ccccc3Br)N=C(c3ccc(OCCCO)cc3)O[C@@H]2c2ccccc2Br)c1. The fraction of sp³-hybridized carbons (Fsp3) is 0.257. The third kappa shape index (κ3) is 7.34. The highest BCUT2D eigenvalue weighted by molar-refractivity contribution is 9.10. The Labute approximate surface area is 274 Å². The zero-order valence-corrected chi connectivity index (χ0v) is 27.5. The number of aliphatic imine (C=N–C) groups is 1. The lowest BCUT2D eigenvalue weighted by atomic mass is 9.82. The molecule has 0 radical (unpaired) electrons. The minimum atomic E-state index is -1.31. The molecule has 9 heteroatoms. The van der Waals surface area contributed by atoms with E-state index in [1.165, 1.54) is 0 Å². The van der Waals surface area contributed by atoms with Crippen LogP contribution in [0.25, 0.3) is 0 Å². The van der Waals surface area contributed by atoms with E-state index in [9.17, 15) is 4.79 Å². The van der Waals surface area contributed by atoms with E-state index in [-0.39, 0.29) is 12.5 Å². The lowest BCUT2D eigenvalue weighted by molar-refractivity contribution is -0.128. The quantitative estimate of drug-likeness (QED) is 0.148. The number of benzene rings is 4. The number of carbonyl (C=O) groups is 1. The fourth-order valence-electron chi connectivity index (χ4n) is 5.18. The number of aliphatic hydroxyl groups excluding tert-OH is 1. The van der Waals surface area contributed by atoms with E-state index < -0.39 is 11.6 Å². The van der Waals surface area contributed by atoms with Crippen LogP contribution >= 0.6 is 31.9 Å². The fourth-order valence-corrected chi connectivity index (χ4v) is 6.10. The van der Waals surface area contributed by atoms with Gasteiger partial charge < -0.3 is 24.6 Å². The number of ether oxygens (including phenoxy) is 3. The van der Waals surface area contributed by atoms with Crippen LogP contribution in [-0.2, 0) is 22.4 Å². The minimum absolute atomic E-state index is 0.0698. The third-order valence-electron chi connectivity index (χ3n) is 7.47. The van der Waals surface area contributed by atoms with E-state index in [0.717, 1.165) is 36.9 Å². The molecule has 0 spiro atoms. The highest BCUT2D eigenvalue weighted by atomic mass is 79.9. The van der Waals surface area contributed by atoms with E-state index in [0.29, 0.717) is 44.1 Å². The number of hydrogen-bond donors (Lipinski definition) is 2. The van der Waals surface area contributed by atoms with Crippen molar-refractivity contribution in [3.63, 3.8) is 0 Å². The van der Waals surface area contributed by atoms with Crippen LogP contribution in [0.15, 0.2) is 111 Å². The second-order valence-corrected chi connectivity index (χ2v) is 12.1. The Bertz CT molecular complexity index is 1610. The molecule has 5 rings (SSSR count). The highest BCUT2D eigenvalue weighted by Gasteiger charge is 2.54. The van der Waals surface area contributed by atoms with Gasteiger partial charge in [0.1, 0.15) is 11.5 Å². The Hall–Kier alpha value is -3.66. The van der Waals surface area contributed by atoms with Crippen LogP contribution in [0, 0.1) is 0 Å². The molecule has 2 atom stereocenters. The summed E-state index contributed by atoms with van der Waals surface area (Å²) < 4.78 is 19.5. The average Bonchev–Trinajstić information content (AvgIpc) is 3.43. The van der Waals surface area contributed by atoms with Crippen LogP contribution in [0.3, 0.4) is 0 Å². The number of amides is 1. The largest absolute Gasteiger partial charge is 0.497 e. The van der Waals surface area contributed by atoms with Gasteiger partial charge in [-0.1, -0.05) is 80.4 Å². The summed E-state index contributed by atoms with van der Waals surface area (Å²) in [4.78, 5) is 19.6. The lowest BCUT2D eigenvalue weighted by Gasteiger charge is -2.31. The molecule has 0 saturated carbocycles. The first-order valence-electron chi connectivity index (χ1n) is 14.4. The van der Waals surface area contributed by atoms with Crippen molar-refractivity contribution in [1.82, 2.24) is 5.32 Å². The van der Waals surface area contributed by atoms with Crippen molar-refractivity contribution in [3.8, 4) is 11.5 Å². The van der Waals surface area contributed by atoms with Gasteiger partial charge in [0.25, 0.3) is 5.91 Å². The maximum atomic E-state index is 14.5. The smallest absolute Gasteiger partial charge is 0.252 e. The first kappa shape index (κ1) is 31.8. The van der Waals surface area contributed by atoms with Gasteiger partial charge in [-0.2, -0.15) is 0 Å².